The van der Waals surface area contributed by atoms with Crippen molar-refractivity contribution in [1.29, 1.82) is 0 Å². The van der Waals surface area contributed by atoms with Gasteiger partial charge in [0.05, 0.1) is 6.04 Å². The standard InChI is InChI=1S/C15H27NO3Si/c1-15(2,3)19-14(18)16-10-7-8-12(16)13(17)9-11-20(4,5)6/h12-13,17H,7-8,10H2,1-6H3/t12-,13?/m0/s1. The van der Waals surface area contributed by atoms with Gasteiger partial charge in [0.2, 0.25) is 0 Å². The first-order chi connectivity index (χ1) is 8.99. The number of carbonyl (C=O) groups is 1. The molecule has 1 saturated heterocycles. The van der Waals surface area contributed by atoms with Crippen LogP contribution >= 0.6 is 0 Å². The lowest BCUT2D eigenvalue weighted by Crippen LogP contribution is -2.44. The van der Waals surface area contributed by atoms with Crippen molar-refractivity contribution in [3.8, 4) is 11.5 Å². The van der Waals surface area contributed by atoms with Crippen LogP contribution in [-0.2, 0) is 4.74 Å². The quantitative estimate of drug-likeness (QED) is 0.598. The fourth-order valence-electron chi connectivity index (χ4n) is 2.05. The molecule has 1 aliphatic rings. The summed E-state index contributed by atoms with van der Waals surface area (Å²) in [6, 6.07) is -0.242. The molecule has 2 atom stereocenters. The van der Waals surface area contributed by atoms with Crippen molar-refractivity contribution >= 4 is 14.2 Å². The van der Waals surface area contributed by atoms with Crippen LogP contribution in [0.5, 0.6) is 0 Å². The summed E-state index contributed by atoms with van der Waals surface area (Å²) in [5, 5.41) is 10.2. The number of amides is 1. The highest BCUT2D eigenvalue weighted by Gasteiger charge is 2.35. The van der Waals surface area contributed by atoms with Gasteiger partial charge in [-0.25, -0.2) is 4.79 Å². The van der Waals surface area contributed by atoms with Gasteiger partial charge in [-0.1, -0.05) is 25.6 Å². The van der Waals surface area contributed by atoms with E-state index in [4.69, 9.17) is 4.74 Å². The summed E-state index contributed by atoms with van der Waals surface area (Å²) < 4.78 is 5.38. The second-order valence-corrected chi connectivity index (χ2v) is 12.1. The van der Waals surface area contributed by atoms with E-state index in [9.17, 15) is 9.90 Å². The molecule has 1 N–H and O–H groups in total. The van der Waals surface area contributed by atoms with E-state index in [1.165, 1.54) is 0 Å². The minimum absolute atomic E-state index is 0.242. The molecule has 1 amide bonds. The summed E-state index contributed by atoms with van der Waals surface area (Å²) >= 11 is 0. The third-order valence-corrected chi connectivity index (χ3v) is 3.78. The summed E-state index contributed by atoms with van der Waals surface area (Å²) in [7, 11) is -1.51. The summed E-state index contributed by atoms with van der Waals surface area (Å²) in [5.74, 6) is 2.93. The van der Waals surface area contributed by atoms with Gasteiger partial charge in [0.15, 0.2) is 0 Å². The molecule has 0 saturated carbocycles. The number of carbonyl (C=O) groups excluding carboxylic acids is 1. The number of rotatable bonds is 1. The van der Waals surface area contributed by atoms with E-state index in [2.05, 4.69) is 31.1 Å². The van der Waals surface area contributed by atoms with Gasteiger partial charge >= 0.3 is 6.09 Å². The van der Waals surface area contributed by atoms with E-state index >= 15 is 0 Å². The molecular formula is C15H27NO3Si. The number of hydrogen-bond acceptors (Lipinski definition) is 3. The van der Waals surface area contributed by atoms with Crippen molar-refractivity contribution in [2.24, 2.45) is 0 Å². The Hall–Kier alpha value is -0.993. The molecule has 0 bridgehead atoms. The fraction of sp³-hybridized carbons (Fsp3) is 0.800. The van der Waals surface area contributed by atoms with Gasteiger partial charge in [-0.3, -0.25) is 0 Å². The van der Waals surface area contributed by atoms with Crippen molar-refractivity contribution in [2.45, 2.75) is 71.0 Å². The highest BCUT2D eigenvalue weighted by Crippen LogP contribution is 2.23. The molecule has 1 aliphatic heterocycles. The number of nitrogens with zero attached hydrogens (tertiary/aromatic N) is 1. The van der Waals surface area contributed by atoms with Crippen LogP contribution in [0.15, 0.2) is 0 Å². The Morgan fingerprint density at radius 1 is 1.40 bits per heavy atom. The van der Waals surface area contributed by atoms with Crippen molar-refractivity contribution in [2.75, 3.05) is 6.54 Å². The van der Waals surface area contributed by atoms with Crippen LogP contribution < -0.4 is 0 Å². The largest absolute Gasteiger partial charge is 0.444 e. The fourth-order valence-corrected chi connectivity index (χ4v) is 2.64. The zero-order chi connectivity index (χ0) is 15.6. The van der Waals surface area contributed by atoms with Crippen molar-refractivity contribution in [3.05, 3.63) is 0 Å². The van der Waals surface area contributed by atoms with E-state index in [0.29, 0.717) is 6.54 Å². The molecule has 0 aromatic heterocycles. The molecule has 1 fully saturated rings. The van der Waals surface area contributed by atoms with Crippen LogP contribution in [-0.4, -0.2) is 48.5 Å². The predicted octanol–water partition coefficient (Wildman–Crippen LogP) is 2.63. The Balaban J connectivity index is 2.74. The van der Waals surface area contributed by atoms with E-state index < -0.39 is 19.8 Å². The van der Waals surface area contributed by atoms with Gasteiger partial charge in [-0.15, -0.1) is 5.54 Å². The average Bonchev–Trinajstić information content (AvgIpc) is 2.71. The molecular weight excluding hydrogens is 270 g/mol. The molecule has 0 spiro atoms. The first kappa shape index (κ1) is 17.1. The predicted molar refractivity (Wildman–Crippen MR) is 83.1 cm³/mol. The first-order valence-corrected chi connectivity index (χ1v) is 10.7. The van der Waals surface area contributed by atoms with Crippen LogP contribution in [0, 0.1) is 11.5 Å². The second-order valence-electron chi connectivity index (χ2n) is 7.35. The van der Waals surface area contributed by atoms with Gasteiger partial charge in [-0.05, 0) is 33.6 Å². The minimum Gasteiger partial charge on any atom is -0.444 e. The van der Waals surface area contributed by atoms with Crippen LogP contribution in [0.4, 0.5) is 4.79 Å². The smallest absolute Gasteiger partial charge is 0.410 e. The van der Waals surface area contributed by atoms with Gasteiger partial charge < -0.3 is 14.7 Å². The van der Waals surface area contributed by atoms with E-state index in [1.54, 1.807) is 4.90 Å². The van der Waals surface area contributed by atoms with Gasteiger partial charge in [-0.2, -0.15) is 0 Å². The van der Waals surface area contributed by atoms with Gasteiger partial charge in [0.25, 0.3) is 0 Å². The third-order valence-electron chi connectivity index (χ3n) is 2.89. The molecule has 0 radical (unpaired) electrons. The van der Waals surface area contributed by atoms with Crippen molar-refractivity contribution in [3.63, 3.8) is 0 Å². The maximum absolute atomic E-state index is 12.1. The monoisotopic (exact) mass is 297 g/mol. The van der Waals surface area contributed by atoms with Crippen molar-refractivity contribution < 1.29 is 14.6 Å². The second kappa shape index (κ2) is 6.19. The Labute approximate surface area is 123 Å². The van der Waals surface area contributed by atoms with E-state index in [-0.39, 0.29) is 12.1 Å². The molecule has 4 nitrogen and oxygen atoms in total. The molecule has 114 valence electrons. The van der Waals surface area contributed by atoms with Gasteiger partial charge in [0, 0.05) is 6.54 Å². The lowest BCUT2D eigenvalue weighted by molar-refractivity contribution is 0.0123. The van der Waals surface area contributed by atoms with Gasteiger partial charge in [0.1, 0.15) is 19.8 Å². The average molecular weight is 297 g/mol. The Bertz CT molecular complexity index is 412. The lowest BCUT2D eigenvalue weighted by atomic mass is 10.1. The zero-order valence-electron chi connectivity index (χ0n) is 13.5. The Morgan fingerprint density at radius 3 is 2.50 bits per heavy atom. The van der Waals surface area contributed by atoms with Crippen molar-refractivity contribution in [1.82, 2.24) is 4.90 Å². The number of aliphatic hydroxyl groups is 1. The SMILES string of the molecule is CC(C)(C)OC(=O)N1CCC[C@H]1C(O)C#C[Si](C)(C)C. The molecule has 0 aromatic rings. The van der Waals surface area contributed by atoms with E-state index in [0.717, 1.165) is 12.8 Å². The maximum atomic E-state index is 12.1. The highest BCUT2D eigenvalue weighted by molar-refractivity contribution is 6.83. The number of likely N-dealkylation sites (tertiary alicyclic amines) is 1. The maximum Gasteiger partial charge on any atom is 0.410 e. The summed E-state index contributed by atoms with van der Waals surface area (Å²) in [6.45, 7) is 12.6. The summed E-state index contributed by atoms with van der Waals surface area (Å²) in [6.07, 6.45) is 0.529. The molecule has 1 unspecified atom stereocenters. The van der Waals surface area contributed by atoms with Crippen LogP contribution in [0.1, 0.15) is 33.6 Å². The lowest BCUT2D eigenvalue weighted by Gasteiger charge is -2.29. The number of ether oxygens (including phenoxy) is 1. The highest BCUT2D eigenvalue weighted by atomic mass is 28.3. The Morgan fingerprint density at radius 2 is 2.00 bits per heavy atom. The molecule has 1 rings (SSSR count). The number of hydrogen-bond donors (Lipinski definition) is 1. The molecule has 0 aliphatic carbocycles. The molecule has 20 heavy (non-hydrogen) atoms. The van der Waals surface area contributed by atoms with E-state index in [1.807, 2.05) is 20.8 Å². The normalized spacial score (nSPS) is 21.1. The zero-order valence-corrected chi connectivity index (χ0v) is 14.5. The molecule has 1 heterocycles. The molecule has 0 aromatic carbocycles. The van der Waals surface area contributed by atoms with Crippen LogP contribution in [0.3, 0.4) is 0 Å². The minimum atomic E-state index is -1.51. The molecule has 5 heteroatoms. The summed E-state index contributed by atoms with van der Waals surface area (Å²) in [4.78, 5) is 13.7. The van der Waals surface area contributed by atoms with Crippen LogP contribution in [0.2, 0.25) is 19.6 Å². The summed E-state index contributed by atoms with van der Waals surface area (Å²) in [5.41, 5.74) is 2.65. The van der Waals surface area contributed by atoms with Crippen LogP contribution in [0.25, 0.3) is 0 Å². The topological polar surface area (TPSA) is 49.8 Å². The third kappa shape index (κ3) is 5.56. The first-order valence-electron chi connectivity index (χ1n) is 7.20. The Kier molecular flexibility index (Phi) is 5.28. The number of aliphatic hydroxyl groups excluding tert-OH is 1.